The number of methoxy groups -OCH3 is 1. The van der Waals surface area contributed by atoms with Crippen molar-refractivity contribution in [3.63, 3.8) is 0 Å². The molecule has 1 aliphatic rings. The van der Waals surface area contributed by atoms with Crippen LogP contribution in [0.4, 0.5) is 10.1 Å². The van der Waals surface area contributed by atoms with Gasteiger partial charge in [0.1, 0.15) is 11.0 Å². The number of benzene rings is 3. The first kappa shape index (κ1) is 38.2. The zero-order valence-electron chi connectivity index (χ0n) is 28.9. The number of hydrogen-bond acceptors (Lipinski definition) is 6. The highest BCUT2D eigenvalue weighted by molar-refractivity contribution is 7.86. The molecule has 268 valence electrons. The predicted molar refractivity (Wildman–Crippen MR) is 192 cm³/mol. The van der Waals surface area contributed by atoms with Gasteiger partial charge in [0.05, 0.1) is 35.9 Å². The van der Waals surface area contributed by atoms with E-state index in [4.69, 9.17) is 9.84 Å². The van der Waals surface area contributed by atoms with Gasteiger partial charge in [-0.3, -0.25) is 9.59 Å². The second kappa shape index (κ2) is 17.4. The molecule has 0 bridgehead atoms. The number of aliphatic hydroxyl groups is 1. The van der Waals surface area contributed by atoms with Gasteiger partial charge in [-0.05, 0) is 79.8 Å². The van der Waals surface area contributed by atoms with Crippen molar-refractivity contribution < 1.29 is 33.5 Å². The first-order chi connectivity index (χ1) is 23.7. The molecule has 50 heavy (non-hydrogen) atoms. The lowest BCUT2D eigenvalue weighted by atomic mass is 9.93. The van der Waals surface area contributed by atoms with Gasteiger partial charge in [-0.2, -0.15) is 5.10 Å². The summed E-state index contributed by atoms with van der Waals surface area (Å²) in [4.78, 5) is 31.9. The minimum atomic E-state index is -1.87. The van der Waals surface area contributed by atoms with Crippen LogP contribution in [0.5, 0.6) is 5.75 Å². The number of fused-ring (bicyclic) bond motifs is 1. The van der Waals surface area contributed by atoms with Crippen molar-refractivity contribution in [3.05, 3.63) is 101 Å². The van der Waals surface area contributed by atoms with Crippen LogP contribution in [0.3, 0.4) is 0 Å². The van der Waals surface area contributed by atoms with Gasteiger partial charge in [0.25, 0.3) is 11.8 Å². The molecule has 0 spiro atoms. The van der Waals surface area contributed by atoms with E-state index < -0.39 is 22.8 Å². The van der Waals surface area contributed by atoms with Crippen LogP contribution in [-0.4, -0.2) is 79.0 Å². The van der Waals surface area contributed by atoms with Crippen LogP contribution in [0.25, 0.3) is 5.69 Å². The van der Waals surface area contributed by atoms with Gasteiger partial charge in [0.15, 0.2) is 17.3 Å². The largest absolute Gasteiger partial charge is 0.494 e. The minimum absolute atomic E-state index is 0. The van der Waals surface area contributed by atoms with Gasteiger partial charge in [0, 0.05) is 31.0 Å². The quantitative estimate of drug-likeness (QED) is 0.183. The lowest BCUT2D eigenvalue weighted by Crippen LogP contribution is -2.46. The van der Waals surface area contributed by atoms with Crippen molar-refractivity contribution in [2.45, 2.75) is 70.4 Å². The molecule has 11 nitrogen and oxygen atoms in total. The number of carbonyl (C=O) groups is 2. The van der Waals surface area contributed by atoms with Crippen molar-refractivity contribution in [1.29, 1.82) is 0 Å². The summed E-state index contributed by atoms with van der Waals surface area (Å²) >= 11 is 0. The number of aryl methyl sites for hydroxylation is 1. The topological polar surface area (TPSA) is 148 Å². The number of nitrogens with zero attached hydrogens (tertiary/aromatic N) is 4. The van der Waals surface area contributed by atoms with Crippen LogP contribution in [0.15, 0.2) is 71.6 Å². The molecule has 13 heteroatoms. The Morgan fingerprint density at radius 1 is 1.04 bits per heavy atom. The van der Waals surface area contributed by atoms with Crippen LogP contribution in [0.1, 0.15) is 77.2 Å². The van der Waals surface area contributed by atoms with Crippen LogP contribution >= 0.6 is 0 Å². The number of amides is 2. The standard InChI is InChI=1S/C37H44FN5O5S.H2O/c1-5-7-17-41(18-8-6-2)37(46)33-19-25(3)43(39-33)34-15-13-28(40-49(47)30-14-16-35(48-4)32(38)22-30)21-31(34)36(45)42-23-27-12-10-9-11-26(27)20-29(42)24-44;/h9-16,19,21-22,29,40,44H,5-8,17-18,20,23-24H2,1-4H3;1H2/t29-,49?;/m0./s1. The van der Waals surface area contributed by atoms with E-state index in [0.29, 0.717) is 43.1 Å². The molecule has 0 fully saturated rings. The summed E-state index contributed by atoms with van der Waals surface area (Å²) in [6, 6.07) is 18.1. The number of ether oxygens (including phenoxy) is 1. The smallest absolute Gasteiger partial charge is 0.274 e. The fourth-order valence-corrected chi connectivity index (χ4v) is 6.89. The van der Waals surface area contributed by atoms with Crippen molar-refractivity contribution in [2.24, 2.45) is 0 Å². The molecule has 0 saturated heterocycles. The Bertz CT molecular complexity index is 1820. The third-order valence-corrected chi connectivity index (χ3v) is 9.89. The van der Waals surface area contributed by atoms with E-state index in [2.05, 4.69) is 18.6 Å². The second-order valence-electron chi connectivity index (χ2n) is 12.2. The summed E-state index contributed by atoms with van der Waals surface area (Å²) in [6.07, 6.45) is 4.19. The lowest BCUT2D eigenvalue weighted by molar-refractivity contribution is 0.0544. The number of unbranched alkanes of at least 4 members (excludes halogenated alkanes) is 2. The van der Waals surface area contributed by atoms with Crippen LogP contribution < -0.4 is 9.46 Å². The molecule has 0 radical (unpaired) electrons. The molecule has 3 aromatic carbocycles. The molecule has 2 heterocycles. The molecule has 1 aromatic heterocycles. The lowest BCUT2D eigenvalue weighted by Gasteiger charge is -2.36. The van der Waals surface area contributed by atoms with E-state index in [-0.39, 0.29) is 45.8 Å². The Morgan fingerprint density at radius 3 is 2.38 bits per heavy atom. The highest BCUT2D eigenvalue weighted by Crippen LogP contribution is 2.30. The fraction of sp³-hybridized carbons (Fsp3) is 0.378. The van der Waals surface area contributed by atoms with Crippen LogP contribution in [-0.2, 0) is 24.0 Å². The number of aromatic nitrogens is 2. The van der Waals surface area contributed by atoms with Crippen LogP contribution in [0, 0.1) is 12.7 Å². The summed E-state index contributed by atoms with van der Waals surface area (Å²) in [5.74, 6) is -1.14. The van der Waals surface area contributed by atoms with E-state index >= 15 is 0 Å². The van der Waals surface area contributed by atoms with Gasteiger partial charge in [-0.1, -0.05) is 51.0 Å². The Hall–Kier alpha value is -4.59. The summed E-state index contributed by atoms with van der Waals surface area (Å²) in [5.41, 5.74) is 4.02. The zero-order chi connectivity index (χ0) is 35.1. The molecule has 2 atom stereocenters. The van der Waals surface area contributed by atoms with Gasteiger partial charge < -0.3 is 29.8 Å². The fourth-order valence-electron chi connectivity index (χ4n) is 6.02. The number of nitrogens with one attached hydrogen (secondary N) is 1. The molecular formula is C37H46FN5O6S. The average molecular weight is 708 g/mol. The number of carbonyl (C=O) groups excluding carboxylic acids is 2. The molecule has 0 aliphatic carbocycles. The van der Waals surface area contributed by atoms with Gasteiger partial charge >= 0.3 is 0 Å². The Kier molecular flexibility index (Phi) is 13.3. The highest BCUT2D eigenvalue weighted by Gasteiger charge is 2.32. The summed E-state index contributed by atoms with van der Waals surface area (Å²) in [7, 11) is -0.520. The third kappa shape index (κ3) is 8.40. The maximum atomic E-state index is 14.5. The monoisotopic (exact) mass is 707 g/mol. The SMILES string of the molecule is CCCCN(CCCC)C(=O)c1cc(C)n(-c2ccc(NS(=O)c3ccc(OC)c(F)c3)cc2C(=O)N2Cc3ccccc3C[C@H]2CO)n1.O. The zero-order valence-corrected chi connectivity index (χ0v) is 29.8. The molecule has 4 N–H and O–H groups in total. The van der Waals surface area contributed by atoms with E-state index in [1.54, 1.807) is 33.8 Å². The van der Waals surface area contributed by atoms with Crippen molar-refractivity contribution in [3.8, 4) is 11.4 Å². The molecular weight excluding hydrogens is 662 g/mol. The van der Waals surface area contributed by atoms with E-state index in [1.807, 2.05) is 36.1 Å². The second-order valence-corrected chi connectivity index (χ2v) is 13.4. The van der Waals surface area contributed by atoms with E-state index in [9.17, 15) is 23.3 Å². The van der Waals surface area contributed by atoms with Gasteiger partial charge in [0.2, 0.25) is 0 Å². The normalized spacial score (nSPS) is 14.4. The molecule has 0 saturated carbocycles. The predicted octanol–water partition coefficient (Wildman–Crippen LogP) is 5.24. The number of hydrogen-bond donors (Lipinski definition) is 2. The van der Waals surface area contributed by atoms with Gasteiger partial charge in [-0.25, -0.2) is 13.3 Å². The summed E-state index contributed by atoms with van der Waals surface area (Å²) in [6.45, 7) is 7.34. The van der Waals surface area contributed by atoms with Crippen molar-refractivity contribution >= 4 is 28.5 Å². The van der Waals surface area contributed by atoms with Crippen LogP contribution in [0.2, 0.25) is 0 Å². The number of halogens is 1. The number of anilines is 1. The average Bonchev–Trinajstić information content (AvgIpc) is 3.51. The molecule has 1 aliphatic heterocycles. The van der Waals surface area contributed by atoms with Gasteiger partial charge in [-0.15, -0.1) is 0 Å². The molecule has 5 rings (SSSR count). The molecule has 1 unspecified atom stereocenters. The van der Waals surface area contributed by atoms with E-state index in [1.165, 1.54) is 19.2 Å². The molecule has 2 amide bonds. The number of aliphatic hydroxyl groups excluding tert-OH is 1. The maximum Gasteiger partial charge on any atom is 0.274 e. The van der Waals surface area contributed by atoms with E-state index in [0.717, 1.165) is 42.9 Å². The number of rotatable bonds is 14. The summed E-state index contributed by atoms with van der Waals surface area (Å²) < 4.78 is 37.2. The van der Waals surface area contributed by atoms with Crippen molar-refractivity contribution in [1.82, 2.24) is 19.6 Å². The Labute approximate surface area is 294 Å². The minimum Gasteiger partial charge on any atom is -0.494 e. The highest BCUT2D eigenvalue weighted by atomic mass is 32.2. The Morgan fingerprint density at radius 2 is 1.74 bits per heavy atom. The van der Waals surface area contributed by atoms with Crippen molar-refractivity contribution in [2.75, 3.05) is 31.5 Å². The third-order valence-electron chi connectivity index (χ3n) is 8.79. The maximum absolute atomic E-state index is 14.5. The first-order valence-corrected chi connectivity index (χ1v) is 17.8. The summed E-state index contributed by atoms with van der Waals surface area (Å²) in [5, 5.41) is 15.1. The molecule has 4 aromatic rings. The Balaban J connectivity index is 0.00000562. The first-order valence-electron chi connectivity index (χ1n) is 16.7.